The Morgan fingerprint density at radius 2 is 1.85 bits per heavy atom. The number of unbranched alkanes of at least 4 members (excludes halogenated alkanes) is 5. The van der Waals surface area contributed by atoms with E-state index in [1.807, 2.05) is 18.2 Å². The van der Waals surface area contributed by atoms with Crippen molar-refractivity contribution in [3.8, 4) is 0 Å². The number of hydrogen-bond acceptors (Lipinski definition) is 6. The van der Waals surface area contributed by atoms with Crippen molar-refractivity contribution in [1.82, 2.24) is 4.90 Å². The highest BCUT2D eigenvalue weighted by atomic mass is 35.5. The first-order valence-electron chi connectivity index (χ1n) is 14.8. The number of hydrogen-bond donors (Lipinski definition) is 1. The van der Waals surface area contributed by atoms with Crippen LogP contribution in [0.2, 0.25) is 5.02 Å². The van der Waals surface area contributed by atoms with Crippen molar-refractivity contribution in [3.05, 3.63) is 54.6 Å². The highest BCUT2D eigenvalue weighted by Crippen LogP contribution is 2.71. The Bertz CT molecular complexity index is 1130. The molecule has 7 nitrogen and oxygen atoms in total. The maximum Gasteiger partial charge on any atom is 0.311 e. The van der Waals surface area contributed by atoms with Crippen LogP contribution in [0.4, 0.5) is 5.69 Å². The molecule has 2 bridgehead atoms. The fourth-order valence-corrected chi connectivity index (χ4v) is 9.39. The molecule has 1 N–H and O–H groups in total. The molecule has 3 fully saturated rings. The molecule has 5 atom stereocenters. The molecule has 3 aliphatic heterocycles. The number of thioether (sulfide) groups is 1. The van der Waals surface area contributed by atoms with E-state index in [0.717, 1.165) is 44.9 Å². The number of ether oxygens (including phenoxy) is 1. The summed E-state index contributed by atoms with van der Waals surface area (Å²) in [6.07, 6.45) is 10.6. The predicted molar refractivity (Wildman–Crippen MR) is 165 cm³/mol. The number of carbonyl (C=O) groups excluding carboxylic acids is 3. The topological polar surface area (TPSA) is 87.1 Å². The molecular weight excluding hydrogens is 560 g/mol. The van der Waals surface area contributed by atoms with Gasteiger partial charge in [0, 0.05) is 35.2 Å². The van der Waals surface area contributed by atoms with E-state index in [4.69, 9.17) is 16.3 Å². The molecule has 0 aromatic heterocycles. The number of carbonyl (C=O) groups is 3. The summed E-state index contributed by atoms with van der Waals surface area (Å²) in [5.74, 6) is -1.80. The Labute approximate surface area is 253 Å². The van der Waals surface area contributed by atoms with Crippen LogP contribution in [0.3, 0.4) is 0 Å². The minimum Gasteiger partial charge on any atom is -0.465 e. The maximum absolute atomic E-state index is 14.6. The summed E-state index contributed by atoms with van der Waals surface area (Å²) < 4.78 is 4.60. The summed E-state index contributed by atoms with van der Waals surface area (Å²) in [5.41, 5.74) is 0.689. The number of benzene rings is 1. The summed E-state index contributed by atoms with van der Waals surface area (Å²) in [6.45, 7) is 10.9. The molecule has 1 aromatic rings. The van der Waals surface area contributed by atoms with Crippen LogP contribution < -0.4 is 4.90 Å². The molecule has 3 saturated heterocycles. The van der Waals surface area contributed by atoms with Crippen molar-refractivity contribution in [2.24, 2.45) is 11.8 Å². The van der Waals surface area contributed by atoms with Crippen LogP contribution in [0, 0.1) is 11.8 Å². The van der Waals surface area contributed by atoms with Gasteiger partial charge < -0.3 is 19.6 Å². The number of rotatable bonds is 16. The number of fused-ring (bicyclic) bond motifs is 1. The Morgan fingerprint density at radius 1 is 1.12 bits per heavy atom. The van der Waals surface area contributed by atoms with E-state index in [1.165, 1.54) is 0 Å². The van der Waals surface area contributed by atoms with E-state index in [0.29, 0.717) is 36.7 Å². The van der Waals surface area contributed by atoms with E-state index >= 15 is 0 Å². The zero-order valence-electron chi connectivity index (χ0n) is 24.1. The van der Waals surface area contributed by atoms with Crippen LogP contribution in [0.5, 0.6) is 0 Å². The summed E-state index contributed by atoms with van der Waals surface area (Å²) in [6, 6.07) is 6.41. The van der Waals surface area contributed by atoms with Crippen molar-refractivity contribution >= 4 is 46.8 Å². The second-order valence-electron chi connectivity index (χ2n) is 11.6. The highest BCUT2D eigenvalue weighted by molar-refractivity contribution is 8.02. The molecule has 0 aliphatic carbocycles. The number of likely N-dealkylation sites (tertiary alicyclic amines) is 1. The quantitative estimate of drug-likeness (QED) is 0.146. The Morgan fingerprint density at radius 3 is 2.54 bits per heavy atom. The molecule has 2 amide bonds. The van der Waals surface area contributed by atoms with E-state index in [9.17, 15) is 19.5 Å². The van der Waals surface area contributed by atoms with Gasteiger partial charge in [-0.15, -0.1) is 24.9 Å². The zero-order valence-corrected chi connectivity index (χ0v) is 25.6. The fourth-order valence-electron chi connectivity index (χ4n) is 6.92. The molecule has 3 aliphatic rings. The maximum atomic E-state index is 14.6. The second-order valence-corrected chi connectivity index (χ2v) is 13.9. The third kappa shape index (κ3) is 6.25. The first-order chi connectivity index (χ1) is 19.7. The van der Waals surface area contributed by atoms with Gasteiger partial charge in [-0.3, -0.25) is 14.4 Å². The lowest BCUT2D eigenvalue weighted by molar-refractivity contribution is -0.155. The molecule has 0 radical (unpaired) electrons. The van der Waals surface area contributed by atoms with Crippen molar-refractivity contribution in [3.63, 3.8) is 0 Å². The molecule has 2 unspecified atom stereocenters. The van der Waals surface area contributed by atoms with Gasteiger partial charge in [0.15, 0.2) is 0 Å². The van der Waals surface area contributed by atoms with Gasteiger partial charge in [0.25, 0.3) is 5.91 Å². The molecule has 4 rings (SSSR count). The molecule has 41 heavy (non-hydrogen) atoms. The standard InChI is InChI=1S/C32H43ClN2O5S/c1-4-6-7-12-22-40-30(39)26-25-28(37)35(20-10-8-9-11-21-36)27(32(25)18-17-31(26,3)41-32)29(38)34(19-5-2)24-15-13-23(33)14-16-24/h4-5,13-16,25-27,36H,1-2,6-12,17-22H2,3H3/t25-,26+,27?,31-,32?/m0/s1. The molecule has 0 saturated carbocycles. The molecule has 1 aromatic carbocycles. The number of anilines is 1. The summed E-state index contributed by atoms with van der Waals surface area (Å²) in [7, 11) is 0. The number of aliphatic hydroxyl groups is 1. The SMILES string of the molecule is C=CCCCCOC(=O)[C@H]1[C@H]2C(=O)N(CCCCCCO)C(C(=O)N(CC=C)c3ccc(Cl)cc3)C23CC[C@]1(C)S3. The Balaban J connectivity index is 1.66. The van der Waals surface area contributed by atoms with Gasteiger partial charge in [-0.05, 0) is 76.1 Å². The Hall–Kier alpha value is -2.29. The summed E-state index contributed by atoms with van der Waals surface area (Å²) in [4.78, 5) is 45.9. The minimum absolute atomic E-state index is 0.121. The van der Waals surface area contributed by atoms with E-state index in [1.54, 1.807) is 39.8 Å². The van der Waals surface area contributed by atoms with Crippen molar-refractivity contribution in [2.45, 2.75) is 80.2 Å². The summed E-state index contributed by atoms with van der Waals surface area (Å²) in [5, 5.41) is 9.75. The number of allylic oxidation sites excluding steroid dienone is 1. The van der Waals surface area contributed by atoms with Crippen LogP contribution in [0.1, 0.15) is 64.7 Å². The van der Waals surface area contributed by atoms with Gasteiger partial charge in [0.05, 0.1) is 23.2 Å². The number of halogens is 1. The lowest BCUT2D eigenvalue weighted by Crippen LogP contribution is -2.55. The number of amides is 2. The smallest absolute Gasteiger partial charge is 0.311 e. The van der Waals surface area contributed by atoms with E-state index < -0.39 is 27.4 Å². The van der Waals surface area contributed by atoms with Gasteiger partial charge in [-0.2, -0.15) is 0 Å². The molecule has 9 heteroatoms. The van der Waals surface area contributed by atoms with Crippen LogP contribution in [0.25, 0.3) is 0 Å². The van der Waals surface area contributed by atoms with Gasteiger partial charge in [0.1, 0.15) is 6.04 Å². The van der Waals surface area contributed by atoms with Gasteiger partial charge in [0.2, 0.25) is 5.91 Å². The van der Waals surface area contributed by atoms with Crippen molar-refractivity contribution in [2.75, 3.05) is 31.2 Å². The van der Waals surface area contributed by atoms with E-state index in [2.05, 4.69) is 20.1 Å². The van der Waals surface area contributed by atoms with Crippen LogP contribution >= 0.6 is 23.4 Å². The van der Waals surface area contributed by atoms with Gasteiger partial charge >= 0.3 is 5.97 Å². The Kier molecular flexibility index (Phi) is 10.6. The largest absolute Gasteiger partial charge is 0.465 e. The first kappa shape index (κ1) is 31.6. The van der Waals surface area contributed by atoms with Crippen molar-refractivity contribution in [1.29, 1.82) is 0 Å². The summed E-state index contributed by atoms with van der Waals surface area (Å²) >= 11 is 7.79. The highest BCUT2D eigenvalue weighted by Gasteiger charge is 2.77. The van der Waals surface area contributed by atoms with Crippen LogP contribution in [0.15, 0.2) is 49.6 Å². The first-order valence-corrected chi connectivity index (χ1v) is 16.0. The lowest BCUT2D eigenvalue weighted by atomic mass is 9.66. The molecular formula is C32H43ClN2O5S. The zero-order chi connectivity index (χ0) is 29.6. The monoisotopic (exact) mass is 602 g/mol. The second kappa shape index (κ2) is 13.8. The van der Waals surface area contributed by atoms with Gasteiger partial charge in [-0.25, -0.2) is 0 Å². The predicted octanol–water partition coefficient (Wildman–Crippen LogP) is 5.79. The number of esters is 1. The molecule has 3 heterocycles. The van der Waals surface area contributed by atoms with Gasteiger partial charge in [-0.1, -0.05) is 36.6 Å². The van der Waals surface area contributed by atoms with Crippen molar-refractivity contribution < 1.29 is 24.2 Å². The average Bonchev–Trinajstić information content (AvgIpc) is 3.52. The van der Waals surface area contributed by atoms with Crippen LogP contribution in [-0.2, 0) is 19.1 Å². The minimum atomic E-state index is -0.703. The van der Waals surface area contributed by atoms with E-state index in [-0.39, 0.29) is 30.9 Å². The third-order valence-corrected chi connectivity index (χ3v) is 11.1. The number of nitrogens with zero attached hydrogens (tertiary/aromatic N) is 2. The normalized spacial score (nSPS) is 28.0. The average molecular weight is 603 g/mol. The number of aliphatic hydroxyl groups excluding tert-OH is 1. The lowest BCUT2D eigenvalue weighted by Gasteiger charge is -2.37. The van der Waals surface area contributed by atoms with Crippen LogP contribution in [-0.4, -0.2) is 69.6 Å². The molecule has 224 valence electrons. The molecule has 1 spiro atoms. The fraction of sp³-hybridized carbons (Fsp3) is 0.594. The third-order valence-electron chi connectivity index (χ3n) is 8.83.